The molecule has 0 atom stereocenters. The van der Waals surface area contributed by atoms with E-state index in [1.807, 2.05) is 0 Å². The second-order valence-corrected chi connectivity index (χ2v) is 12.0. The molecule has 0 aliphatic heterocycles. The van der Waals surface area contributed by atoms with Crippen molar-refractivity contribution in [3.63, 3.8) is 0 Å². The Bertz CT molecular complexity index is 1260. The second kappa shape index (κ2) is 12.0. The Morgan fingerprint density at radius 1 is 0.974 bits per heavy atom. The highest BCUT2D eigenvalue weighted by Crippen LogP contribution is 2.53. The molecule has 38 heavy (non-hydrogen) atoms. The molecule has 1 saturated carbocycles. The summed E-state index contributed by atoms with van der Waals surface area (Å²) in [6, 6.07) is 22.8. The number of nitrogens with two attached hydrogens (primary N) is 1. The van der Waals surface area contributed by atoms with Gasteiger partial charge >= 0.3 is 0 Å². The first-order valence-corrected chi connectivity index (χ1v) is 13.7. The number of allylic oxidation sites excluding steroid dienone is 1. The highest BCUT2D eigenvalue weighted by Gasteiger charge is 2.47. The minimum Gasteiger partial charge on any atom is -0.405 e. The van der Waals surface area contributed by atoms with Crippen LogP contribution < -0.4 is 11.1 Å². The van der Waals surface area contributed by atoms with Crippen LogP contribution >= 0.6 is 0 Å². The maximum atomic E-state index is 4.61. The van der Waals surface area contributed by atoms with Crippen molar-refractivity contribution in [3.8, 4) is 11.1 Å². The summed E-state index contributed by atoms with van der Waals surface area (Å²) >= 11 is 0. The lowest BCUT2D eigenvalue weighted by molar-refractivity contribution is 0.413. The molecule has 3 nitrogen and oxygen atoms in total. The first-order chi connectivity index (χ1) is 17.9. The van der Waals surface area contributed by atoms with Gasteiger partial charge in [-0.15, -0.1) is 0 Å². The Morgan fingerprint density at radius 2 is 1.61 bits per heavy atom. The third-order valence-electron chi connectivity index (χ3n) is 7.62. The van der Waals surface area contributed by atoms with Gasteiger partial charge in [-0.2, -0.15) is 0 Å². The number of likely N-dealkylation sites (N-methyl/N-ethyl adjacent to an activating group) is 1. The van der Waals surface area contributed by atoms with Crippen molar-refractivity contribution in [2.45, 2.75) is 64.7 Å². The van der Waals surface area contributed by atoms with Gasteiger partial charge in [-0.25, -0.2) is 0 Å². The highest BCUT2D eigenvalue weighted by atomic mass is 15.0. The fourth-order valence-corrected chi connectivity index (χ4v) is 4.94. The molecule has 0 aromatic heterocycles. The molecule has 202 valence electrons. The van der Waals surface area contributed by atoms with Crippen LogP contribution in [0, 0.1) is 13.8 Å². The summed E-state index contributed by atoms with van der Waals surface area (Å²) in [4.78, 5) is 2.23. The molecule has 0 saturated heterocycles. The molecule has 0 bridgehead atoms. The average molecular weight is 510 g/mol. The Labute approximate surface area is 231 Å². The number of rotatable bonds is 8. The van der Waals surface area contributed by atoms with Crippen LogP contribution in [0.15, 0.2) is 85.7 Å². The molecule has 1 aliphatic rings. The van der Waals surface area contributed by atoms with Crippen molar-refractivity contribution in [3.05, 3.63) is 114 Å². The van der Waals surface area contributed by atoms with Crippen molar-refractivity contribution in [1.82, 2.24) is 4.90 Å². The monoisotopic (exact) mass is 509 g/mol. The smallest absolute Gasteiger partial charge is 0.0388 e. The van der Waals surface area contributed by atoms with Gasteiger partial charge in [0.1, 0.15) is 0 Å². The fourth-order valence-electron chi connectivity index (χ4n) is 4.94. The second-order valence-electron chi connectivity index (χ2n) is 12.0. The lowest BCUT2D eigenvalue weighted by Crippen LogP contribution is -2.17. The number of hydrogen-bond acceptors (Lipinski definition) is 3. The molecule has 0 radical (unpaired) electrons. The normalized spacial score (nSPS) is 13.9. The zero-order valence-corrected chi connectivity index (χ0v) is 24.6. The van der Waals surface area contributed by atoms with Crippen molar-refractivity contribution in [1.29, 1.82) is 0 Å². The van der Waals surface area contributed by atoms with Crippen molar-refractivity contribution >= 4 is 5.69 Å². The Kier molecular flexibility index (Phi) is 9.27. The Morgan fingerprint density at radius 3 is 2.13 bits per heavy atom. The van der Waals surface area contributed by atoms with Gasteiger partial charge in [0.2, 0.25) is 0 Å². The summed E-state index contributed by atoms with van der Waals surface area (Å²) in [6.45, 7) is 20.0. The molecule has 1 fully saturated rings. The lowest BCUT2D eigenvalue weighted by atomic mass is 9.81. The maximum Gasteiger partial charge on any atom is 0.0388 e. The first-order valence-electron chi connectivity index (χ1n) is 13.7. The summed E-state index contributed by atoms with van der Waals surface area (Å²) in [7, 11) is 4.25. The third-order valence-corrected chi connectivity index (χ3v) is 7.62. The number of aryl methyl sites for hydroxylation is 2. The summed E-state index contributed by atoms with van der Waals surface area (Å²) < 4.78 is 0. The first kappa shape index (κ1) is 29.3. The van der Waals surface area contributed by atoms with Gasteiger partial charge in [-0.3, -0.25) is 0 Å². The third kappa shape index (κ3) is 6.96. The molecule has 0 unspecified atom stereocenters. The number of nitrogens with one attached hydrogen (secondary N) is 1. The van der Waals surface area contributed by atoms with Gasteiger partial charge in [0.15, 0.2) is 0 Å². The summed E-state index contributed by atoms with van der Waals surface area (Å²) in [5, 5.41) is 3.71. The molecule has 4 rings (SSSR count). The molecule has 1 aliphatic carbocycles. The van der Waals surface area contributed by atoms with Crippen LogP contribution in [0.1, 0.15) is 61.4 Å². The predicted molar refractivity (Wildman–Crippen MR) is 167 cm³/mol. The van der Waals surface area contributed by atoms with Gasteiger partial charge in [0.05, 0.1) is 0 Å². The summed E-state index contributed by atoms with van der Waals surface area (Å²) in [6.07, 6.45) is 4.63. The minimum absolute atomic E-state index is 0.0510. The van der Waals surface area contributed by atoms with Crippen molar-refractivity contribution in [2.75, 3.05) is 26.0 Å². The van der Waals surface area contributed by atoms with Crippen LogP contribution in [0.4, 0.5) is 5.69 Å². The Hall–Kier alpha value is -3.30. The topological polar surface area (TPSA) is 41.3 Å². The molecule has 3 aromatic rings. The highest BCUT2D eigenvalue weighted by molar-refractivity contribution is 5.74. The maximum absolute atomic E-state index is 4.61. The Balaban J connectivity index is 0.00000127. The van der Waals surface area contributed by atoms with Crippen LogP contribution in [0.2, 0.25) is 0 Å². The van der Waals surface area contributed by atoms with E-state index in [2.05, 4.69) is 138 Å². The molecule has 0 spiro atoms. The van der Waals surface area contributed by atoms with Crippen LogP contribution in [0.25, 0.3) is 11.1 Å². The average Bonchev–Trinajstić information content (AvgIpc) is 3.67. The number of anilines is 1. The number of hydrogen-bond donors (Lipinski definition) is 2. The largest absolute Gasteiger partial charge is 0.405 e. The van der Waals surface area contributed by atoms with E-state index in [0.29, 0.717) is 0 Å². The van der Waals surface area contributed by atoms with E-state index in [1.165, 1.54) is 45.1 Å². The lowest BCUT2D eigenvalue weighted by Gasteiger charge is -2.26. The summed E-state index contributed by atoms with van der Waals surface area (Å²) in [5.41, 5.74) is 16.3. The van der Waals surface area contributed by atoms with Crippen LogP contribution in [0.3, 0.4) is 0 Å². The van der Waals surface area contributed by atoms with Crippen LogP contribution in [0.5, 0.6) is 0 Å². The van der Waals surface area contributed by atoms with E-state index < -0.39 is 0 Å². The molecular formula is C35H47N3. The van der Waals surface area contributed by atoms with Gasteiger partial charge in [-0.1, -0.05) is 82.5 Å². The molecule has 3 heteroatoms. The standard InChI is InChI=1S/C33H42N2.C2H5N/c1-23-9-14-28(21-24(23)2)33(18-19-33)25(3)34-29-15-16-31(32(4,5)6)30(22-29)27-12-10-26(11-13-27)17-20-35(7)8;1-2-3/h9-16,21-22,34H,3,17-20H2,1-2,4-8H3;2H,1,3H2. The molecule has 3 N–H and O–H groups in total. The van der Waals surface area contributed by atoms with E-state index >= 15 is 0 Å². The van der Waals surface area contributed by atoms with Gasteiger partial charge in [-0.05, 0) is 110 Å². The summed E-state index contributed by atoms with van der Waals surface area (Å²) in [5.74, 6) is 0. The zero-order valence-electron chi connectivity index (χ0n) is 24.6. The van der Waals surface area contributed by atoms with Crippen LogP contribution in [-0.2, 0) is 17.3 Å². The predicted octanol–water partition coefficient (Wildman–Crippen LogP) is 8.12. The van der Waals surface area contributed by atoms with E-state index in [1.54, 1.807) is 0 Å². The fraction of sp³-hybridized carbons (Fsp3) is 0.371. The van der Waals surface area contributed by atoms with Crippen molar-refractivity contribution in [2.24, 2.45) is 5.73 Å². The van der Waals surface area contributed by atoms with Gasteiger partial charge in [0, 0.05) is 23.3 Å². The number of nitrogens with zero attached hydrogens (tertiary/aromatic N) is 1. The number of benzene rings is 3. The van der Waals surface area contributed by atoms with E-state index in [9.17, 15) is 0 Å². The van der Waals surface area contributed by atoms with Gasteiger partial charge in [0.25, 0.3) is 0 Å². The molecule has 3 aromatic carbocycles. The van der Waals surface area contributed by atoms with Crippen molar-refractivity contribution < 1.29 is 0 Å². The van der Waals surface area contributed by atoms with Crippen LogP contribution in [-0.4, -0.2) is 25.5 Å². The minimum atomic E-state index is 0.0510. The quantitative estimate of drug-likeness (QED) is 0.322. The van der Waals surface area contributed by atoms with E-state index in [-0.39, 0.29) is 10.8 Å². The molecule has 0 amide bonds. The molecular weight excluding hydrogens is 462 g/mol. The van der Waals surface area contributed by atoms with E-state index in [0.717, 1.165) is 37.2 Å². The molecule has 0 heterocycles. The zero-order chi connectivity index (χ0) is 28.1. The van der Waals surface area contributed by atoms with Gasteiger partial charge < -0.3 is 16.0 Å². The van der Waals surface area contributed by atoms with E-state index in [4.69, 9.17) is 0 Å². The SMILES string of the molecule is C=C(Nc1ccc(C(C)(C)C)c(-c2ccc(CCN(C)C)cc2)c1)C1(c2ccc(C)c(C)c2)CC1.C=CN.